The second-order valence-electron chi connectivity index (χ2n) is 6.94. The number of H-pyrrole nitrogens is 1. The molecule has 26 heavy (non-hydrogen) atoms. The zero-order chi connectivity index (χ0) is 18.5. The van der Waals surface area contributed by atoms with Gasteiger partial charge in [-0.15, -0.1) is 0 Å². The molecule has 8 heteroatoms. The Morgan fingerprint density at radius 2 is 1.88 bits per heavy atom. The number of pyridine rings is 1. The Hall–Kier alpha value is -2.35. The molecule has 138 valence electrons. The summed E-state index contributed by atoms with van der Waals surface area (Å²) in [5, 5.41) is 14.4. The Bertz CT molecular complexity index is 951. The molecule has 0 amide bonds. The molecule has 0 saturated heterocycles. The van der Waals surface area contributed by atoms with E-state index in [0.717, 1.165) is 36.5 Å². The van der Waals surface area contributed by atoms with Crippen LogP contribution in [0.1, 0.15) is 43.5 Å². The van der Waals surface area contributed by atoms with E-state index in [1.807, 2.05) is 0 Å². The molecule has 1 aliphatic rings. The first-order chi connectivity index (χ1) is 12.3. The molecule has 0 spiro atoms. The highest BCUT2D eigenvalue weighted by Gasteiger charge is 2.35. The van der Waals surface area contributed by atoms with E-state index in [1.165, 1.54) is 11.7 Å². The Morgan fingerprint density at radius 1 is 1.15 bits per heavy atom. The van der Waals surface area contributed by atoms with E-state index in [2.05, 4.69) is 15.1 Å². The van der Waals surface area contributed by atoms with Gasteiger partial charge in [-0.3, -0.25) is 4.68 Å². The zero-order valence-corrected chi connectivity index (χ0v) is 14.3. The number of aromatic nitrogens is 4. The number of hydrogen-bond donors (Lipinski definition) is 2. The topological polar surface area (TPSA) is 66.7 Å². The smallest absolute Gasteiger partial charge is 0.384 e. The first-order valence-corrected chi connectivity index (χ1v) is 8.60. The SMILES string of the molecule is Cn1nc(C(F)(F)F)cc1-c1ccc2[nH]c(C3(O)CCCCC3)cc2n1. The van der Waals surface area contributed by atoms with Gasteiger partial charge >= 0.3 is 6.18 Å². The molecule has 3 aromatic rings. The zero-order valence-electron chi connectivity index (χ0n) is 14.3. The summed E-state index contributed by atoms with van der Waals surface area (Å²) in [4.78, 5) is 7.69. The lowest BCUT2D eigenvalue weighted by Gasteiger charge is -2.31. The van der Waals surface area contributed by atoms with E-state index in [-0.39, 0.29) is 0 Å². The predicted octanol–water partition coefficient (Wildman–Crippen LogP) is 4.13. The Morgan fingerprint density at radius 3 is 2.54 bits per heavy atom. The van der Waals surface area contributed by atoms with E-state index in [0.29, 0.717) is 29.7 Å². The normalized spacial score (nSPS) is 17.7. The van der Waals surface area contributed by atoms with Gasteiger partial charge in [0.2, 0.25) is 0 Å². The molecule has 2 N–H and O–H groups in total. The highest BCUT2D eigenvalue weighted by Crippen LogP contribution is 2.38. The highest BCUT2D eigenvalue weighted by molar-refractivity contribution is 5.79. The molecule has 3 heterocycles. The van der Waals surface area contributed by atoms with Gasteiger partial charge in [0.05, 0.1) is 22.4 Å². The van der Waals surface area contributed by atoms with Crippen molar-refractivity contribution in [3.63, 3.8) is 0 Å². The van der Waals surface area contributed by atoms with Crippen molar-refractivity contribution >= 4 is 11.0 Å². The maximum atomic E-state index is 12.9. The van der Waals surface area contributed by atoms with Crippen molar-refractivity contribution in [2.75, 3.05) is 0 Å². The maximum Gasteiger partial charge on any atom is 0.435 e. The van der Waals surface area contributed by atoms with E-state index < -0.39 is 17.5 Å². The molecule has 1 aliphatic carbocycles. The monoisotopic (exact) mass is 364 g/mol. The van der Waals surface area contributed by atoms with Gasteiger partial charge in [-0.05, 0) is 37.1 Å². The van der Waals surface area contributed by atoms with Crippen molar-refractivity contribution < 1.29 is 18.3 Å². The molecule has 0 bridgehead atoms. The lowest BCUT2D eigenvalue weighted by molar-refractivity contribution is -0.141. The molecule has 4 rings (SSSR count). The van der Waals surface area contributed by atoms with Gasteiger partial charge < -0.3 is 10.1 Å². The largest absolute Gasteiger partial charge is 0.435 e. The number of fused-ring (bicyclic) bond motifs is 1. The number of nitrogens with one attached hydrogen (secondary N) is 1. The van der Waals surface area contributed by atoms with Crippen LogP contribution in [0.15, 0.2) is 24.3 Å². The standard InChI is InChI=1S/C18H19F3N4O/c1-25-14(10-16(24-25)18(19,20)21)12-6-5-11-13(22-12)9-15(23-11)17(26)7-3-2-4-8-17/h5-6,9-10,23,26H,2-4,7-8H2,1H3. The summed E-state index contributed by atoms with van der Waals surface area (Å²) >= 11 is 0. The van der Waals surface area contributed by atoms with E-state index in [1.54, 1.807) is 18.2 Å². The van der Waals surface area contributed by atoms with Crippen molar-refractivity contribution in [3.05, 3.63) is 35.7 Å². The van der Waals surface area contributed by atoms with Crippen LogP contribution in [0.25, 0.3) is 22.4 Å². The summed E-state index contributed by atoms with van der Waals surface area (Å²) in [7, 11) is 1.46. The summed E-state index contributed by atoms with van der Waals surface area (Å²) < 4.78 is 39.8. The number of hydrogen-bond acceptors (Lipinski definition) is 3. The minimum atomic E-state index is -4.49. The first-order valence-electron chi connectivity index (χ1n) is 8.60. The Labute approximate surface area is 147 Å². The second kappa shape index (κ2) is 5.84. The molecule has 0 atom stereocenters. The van der Waals surface area contributed by atoms with E-state index in [9.17, 15) is 18.3 Å². The van der Waals surface area contributed by atoms with E-state index >= 15 is 0 Å². The molecular weight excluding hydrogens is 345 g/mol. The number of aromatic amines is 1. The third kappa shape index (κ3) is 2.88. The first kappa shape index (κ1) is 17.1. The lowest BCUT2D eigenvalue weighted by atomic mass is 9.82. The van der Waals surface area contributed by atoms with Crippen LogP contribution in [0.3, 0.4) is 0 Å². The van der Waals surface area contributed by atoms with Gasteiger partial charge in [0.15, 0.2) is 5.69 Å². The fourth-order valence-electron chi connectivity index (χ4n) is 3.65. The summed E-state index contributed by atoms with van der Waals surface area (Å²) in [5.74, 6) is 0. The summed E-state index contributed by atoms with van der Waals surface area (Å²) in [6.45, 7) is 0. The number of rotatable bonds is 2. The van der Waals surface area contributed by atoms with Crippen molar-refractivity contribution in [2.45, 2.75) is 43.9 Å². The average Bonchev–Trinajstić information content (AvgIpc) is 3.18. The maximum absolute atomic E-state index is 12.9. The minimum Gasteiger partial charge on any atom is -0.384 e. The van der Waals surface area contributed by atoms with Crippen LogP contribution in [0.2, 0.25) is 0 Å². The highest BCUT2D eigenvalue weighted by atomic mass is 19.4. The number of aryl methyl sites for hydroxylation is 1. The van der Waals surface area contributed by atoms with Crippen molar-refractivity contribution in [1.82, 2.24) is 19.7 Å². The van der Waals surface area contributed by atoms with Gasteiger partial charge in [0.25, 0.3) is 0 Å². The number of halogens is 3. The van der Waals surface area contributed by atoms with E-state index in [4.69, 9.17) is 0 Å². The molecule has 0 unspecified atom stereocenters. The van der Waals surface area contributed by atoms with Crippen LogP contribution < -0.4 is 0 Å². The van der Waals surface area contributed by atoms with Crippen LogP contribution in [0.5, 0.6) is 0 Å². The third-order valence-corrected chi connectivity index (χ3v) is 5.09. The summed E-state index contributed by atoms with van der Waals surface area (Å²) in [6, 6.07) is 6.22. The number of alkyl halides is 3. The van der Waals surface area contributed by atoms with Crippen molar-refractivity contribution in [1.29, 1.82) is 0 Å². The quantitative estimate of drug-likeness (QED) is 0.718. The van der Waals surface area contributed by atoms with Gasteiger partial charge in [0, 0.05) is 12.7 Å². The minimum absolute atomic E-state index is 0.290. The molecule has 5 nitrogen and oxygen atoms in total. The van der Waals surface area contributed by atoms with Crippen LogP contribution in [-0.4, -0.2) is 24.9 Å². The van der Waals surface area contributed by atoms with Crippen LogP contribution in [-0.2, 0) is 18.8 Å². The fraction of sp³-hybridized carbons (Fsp3) is 0.444. The predicted molar refractivity (Wildman–Crippen MR) is 90.3 cm³/mol. The Balaban J connectivity index is 1.73. The van der Waals surface area contributed by atoms with Crippen LogP contribution in [0.4, 0.5) is 13.2 Å². The van der Waals surface area contributed by atoms with Gasteiger partial charge in [-0.2, -0.15) is 18.3 Å². The molecule has 0 radical (unpaired) electrons. The second-order valence-corrected chi connectivity index (χ2v) is 6.94. The van der Waals surface area contributed by atoms with Gasteiger partial charge in [-0.25, -0.2) is 4.98 Å². The van der Waals surface area contributed by atoms with Crippen molar-refractivity contribution in [3.8, 4) is 11.4 Å². The fourth-order valence-corrected chi connectivity index (χ4v) is 3.65. The molecule has 0 aliphatic heterocycles. The summed E-state index contributed by atoms with van der Waals surface area (Å²) in [6.07, 6.45) is -0.0369. The summed E-state index contributed by atoms with van der Waals surface area (Å²) in [5.41, 5.74) is 0.963. The molecular formula is C18H19F3N4O. The number of aliphatic hydroxyl groups is 1. The Kier molecular flexibility index (Phi) is 3.83. The molecule has 1 saturated carbocycles. The van der Waals surface area contributed by atoms with Crippen LogP contribution in [0, 0.1) is 0 Å². The van der Waals surface area contributed by atoms with Crippen LogP contribution >= 0.6 is 0 Å². The molecule has 3 aromatic heterocycles. The molecule has 0 aromatic carbocycles. The lowest BCUT2D eigenvalue weighted by Crippen LogP contribution is -2.28. The third-order valence-electron chi connectivity index (χ3n) is 5.09. The van der Waals surface area contributed by atoms with Gasteiger partial charge in [-0.1, -0.05) is 19.3 Å². The van der Waals surface area contributed by atoms with Crippen molar-refractivity contribution in [2.24, 2.45) is 7.05 Å². The average molecular weight is 364 g/mol. The van der Waals surface area contributed by atoms with Gasteiger partial charge in [0.1, 0.15) is 5.60 Å². The number of nitrogens with zero attached hydrogens (tertiary/aromatic N) is 3. The molecule has 1 fully saturated rings.